The molecular weight excluding hydrogens is 464 g/mol. The SMILES string of the molecule is Cc1cccc2cccc(C3Cc4nc(OC(C)CN(C)C)nc(N5CCN[C@@H](CC#N)C5)c4CO3)c12. The summed E-state index contributed by atoms with van der Waals surface area (Å²) in [6.07, 6.45) is 0.976. The number of fused-ring (bicyclic) bond motifs is 2. The Balaban J connectivity index is 1.51. The summed E-state index contributed by atoms with van der Waals surface area (Å²) in [5, 5.41) is 15.2. The number of aromatic nitrogens is 2. The minimum Gasteiger partial charge on any atom is -0.459 e. The van der Waals surface area contributed by atoms with Crippen LogP contribution < -0.4 is 15.0 Å². The highest BCUT2D eigenvalue weighted by Crippen LogP contribution is 2.38. The van der Waals surface area contributed by atoms with Gasteiger partial charge in [0, 0.05) is 44.2 Å². The molecule has 2 aliphatic heterocycles. The molecule has 194 valence electrons. The molecule has 0 aliphatic carbocycles. The molecule has 2 aliphatic rings. The summed E-state index contributed by atoms with van der Waals surface area (Å²) in [5.41, 5.74) is 4.45. The van der Waals surface area contributed by atoms with E-state index in [9.17, 15) is 5.26 Å². The van der Waals surface area contributed by atoms with Crippen LogP contribution in [0.5, 0.6) is 6.01 Å². The lowest BCUT2D eigenvalue weighted by Gasteiger charge is -2.36. The van der Waals surface area contributed by atoms with Crippen molar-refractivity contribution >= 4 is 16.6 Å². The van der Waals surface area contributed by atoms with E-state index in [4.69, 9.17) is 19.4 Å². The minimum absolute atomic E-state index is 0.0494. The van der Waals surface area contributed by atoms with Gasteiger partial charge < -0.3 is 24.6 Å². The number of hydrogen-bond donors (Lipinski definition) is 1. The van der Waals surface area contributed by atoms with Crippen molar-refractivity contribution in [2.45, 2.75) is 51.5 Å². The van der Waals surface area contributed by atoms with Gasteiger partial charge in [0.15, 0.2) is 0 Å². The zero-order chi connectivity index (χ0) is 25.9. The topological polar surface area (TPSA) is 86.5 Å². The molecule has 1 saturated heterocycles. The average Bonchev–Trinajstić information content (AvgIpc) is 2.87. The van der Waals surface area contributed by atoms with Crippen LogP contribution in [0.3, 0.4) is 0 Å². The molecular formula is C29H36N6O2. The number of anilines is 1. The number of nitriles is 1. The van der Waals surface area contributed by atoms with Crippen LogP contribution in [0.4, 0.5) is 5.82 Å². The van der Waals surface area contributed by atoms with E-state index in [1.165, 1.54) is 21.9 Å². The summed E-state index contributed by atoms with van der Waals surface area (Å²) in [4.78, 5) is 14.2. The van der Waals surface area contributed by atoms with Gasteiger partial charge in [-0.2, -0.15) is 15.2 Å². The van der Waals surface area contributed by atoms with Gasteiger partial charge in [0.2, 0.25) is 0 Å². The molecule has 0 bridgehead atoms. The summed E-state index contributed by atoms with van der Waals surface area (Å²) < 4.78 is 12.7. The molecule has 5 rings (SSSR count). The summed E-state index contributed by atoms with van der Waals surface area (Å²) in [6, 6.07) is 15.7. The minimum atomic E-state index is -0.0959. The first kappa shape index (κ1) is 25.4. The Hall–Kier alpha value is -3.25. The summed E-state index contributed by atoms with van der Waals surface area (Å²) in [6.45, 7) is 7.74. The van der Waals surface area contributed by atoms with Crippen LogP contribution in [0, 0.1) is 18.3 Å². The maximum absolute atomic E-state index is 9.24. The second kappa shape index (κ2) is 11.0. The van der Waals surface area contributed by atoms with Gasteiger partial charge in [-0.25, -0.2) is 0 Å². The second-order valence-corrected chi connectivity index (χ2v) is 10.4. The van der Waals surface area contributed by atoms with Gasteiger partial charge in [0.25, 0.3) is 0 Å². The molecule has 3 atom stereocenters. The number of aryl methyl sites for hydroxylation is 1. The van der Waals surface area contributed by atoms with Crippen LogP contribution in [-0.2, 0) is 17.8 Å². The van der Waals surface area contributed by atoms with E-state index in [0.717, 1.165) is 43.3 Å². The highest BCUT2D eigenvalue weighted by molar-refractivity contribution is 5.89. The first-order chi connectivity index (χ1) is 17.9. The summed E-state index contributed by atoms with van der Waals surface area (Å²) >= 11 is 0. The standard InChI is InChI=1S/C29H36N6O2/c1-19-7-5-8-21-9-6-10-23(27(19)21)26-15-25-24(18-36-26)28(35-14-13-31-22(17-35)11-12-30)33-29(32-25)37-20(2)16-34(3)4/h5-10,20,22,26,31H,11,13-18H2,1-4H3/t20?,22-,26?/m0/s1. The van der Waals surface area contributed by atoms with Crippen molar-refractivity contribution in [2.75, 3.05) is 45.2 Å². The monoisotopic (exact) mass is 500 g/mol. The molecule has 1 aromatic heterocycles. The van der Waals surface area contributed by atoms with Crippen LogP contribution >= 0.6 is 0 Å². The lowest BCUT2D eigenvalue weighted by atomic mass is 9.92. The van der Waals surface area contributed by atoms with Crippen LogP contribution in [-0.4, -0.2) is 67.3 Å². The molecule has 8 nitrogen and oxygen atoms in total. The van der Waals surface area contributed by atoms with Crippen LogP contribution in [0.1, 0.15) is 41.8 Å². The largest absolute Gasteiger partial charge is 0.459 e. The highest BCUT2D eigenvalue weighted by Gasteiger charge is 2.31. The lowest BCUT2D eigenvalue weighted by Crippen LogP contribution is -2.51. The Kier molecular flexibility index (Phi) is 7.56. The first-order valence-electron chi connectivity index (χ1n) is 13.1. The van der Waals surface area contributed by atoms with Gasteiger partial charge in [-0.05, 0) is 49.8 Å². The van der Waals surface area contributed by atoms with Gasteiger partial charge in [0.05, 0.1) is 30.9 Å². The van der Waals surface area contributed by atoms with Crippen molar-refractivity contribution < 1.29 is 9.47 Å². The van der Waals surface area contributed by atoms with Crippen molar-refractivity contribution in [2.24, 2.45) is 0 Å². The molecule has 0 radical (unpaired) electrons. The normalized spacial score (nSPS) is 20.5. The molecule has 1 N–H and O–H groups in total. The number of rotatable bonds is 7. The van der Waals surface area contributed by atoms with Gasteiger partial charge in [0.1, 0.15) is 11.9 Å². The smallest absolute Gasteiger partial charge is 0.318 e. The Bertz CT molecular complexity index is 1300. The molecule has 8 heteroatoms. The third-order valence-corrected chi connectivity index (χ3v) is 7.17. The number of likely N-dealkylation sites (N-methyl/N-ethyl adjacent to an activating group) is 1. The quantitative estimate of drug-likeness (QED) is 0.525. The van der Waals surface area contributed by atoms with Crippen molar-refractivity contribution in [3.8, 4) is 12.1 Å². The highest BCUT2D eigenvalue weighted by atomic mass is 16.5. The average molecular weight is 501 g/mol. The number of nitrogens with zero attached hydrogens (tertiary/aromatic N) is 5. The van der Waals surface area contributed by atoms with E-state index in [-0.39, 0.29) is 18.2 Å². The van der Waals surface area contributed by atoms with Gasteiger partial charge in [-0.15, -0.1) is 0 Å². The van der Waals surface area contributed by atoms with Crippen LogP contribution in [0.25, 0.3) is 10.8 Å². The van der Waals surface area contributed by atoms with Crippen LogP contribution in [0.15, 0.2) is 36.4 Å². The van der Waals surface area contributed by atoms with Crippen LogP contribution in [0.2, 0.25) is 0 Å². The molecule has 3 heterocycles. The fourth-order valence-corrected chi connectivity index (χ4v) is 5.57. The number of nitrogens with one attached hydrogen (secondary N) is 1. The number of ether oxygens (including phenoxy) is 2. The summed E-state index contributed by atoms with van der Waals surface area (Å²) in [5.74, 6) is 0.869. The Morgan fingerprint density at radius 3 is 2.84 bits per heavy atom. The molecule has 37 heavy (non-hydrogen) atoms. The fourth-order valence-electron chi connectivity index (χ4n) is 5.57. The number of piperazine rings is 1. The van der Waals surface area contributed by atoms with Crippen molar-refractivity contribution in [3.05, 3.63) is 58.8 Å². The van der Waals surface area contributed by atoms with Gasteiger partial charge >= 0.3 is 6.01 Å². The predicted octanol–water partition coefficient (Wildman–Crippen LogP) is 3.77. The van der Waals surface area contributed by atoms with Gasteiger partial charge in [-0.1, -0.05) is 36.4 Å². The van der Waals surface area contributed by atoms with Crippen molar-refractivity contribution in [1.29, 1.82) is 5.26 Å². The predicted molar refractivity (Wildman–Crippen MR) is 145 cm³/mol. The molecule has 3 aromatic rings. The third kappa shape index (κ3) is 5.54. The Morgan fingerprint density at radius 2 is 2.05 bits per heavy atom. The second-order valence-electron chi connectivity index (χ2n) is 10.4. The van der Waals surface area contributed by atoms with E-state index < -0.39 is 0 Å². The first-order valence-corrected chi connectivity index (χ1v) is 13.1. The zero-order valence-corrected chi connectivity index (χ0v) is 22.2. The van der Waals surface area contributed by atoms with Crippen molar-refractivity contribution in [3.63, 3.8) is 0 Å². The van der Waals surface area contributed by atoms with E-state index in [1.807, 2.05) is 21.0 Å². The molecule has 0 saturated carbocycles. The van der Waals surface area contributed by atoms with E-state index in [1.54, 1.807) is 0 Å². The number of benzene rings is 2. The fraction of sp³-hybridized carbons (Fsp3) is 0.483. The summed E-state index contributed by atoms with van der Waals surface area (Å²) in [7, 11) is 4.06. The molecule has 0 spiro atoms. The molecule has 1 fully saturated rings. The Morgan fingerprint density at radius 1 is 1.24 bits per heavy atom. The third-order valence-electron chi connectivity index (χ3n) is 7.17. The van der Waals surface area contributed by atoms with Crippen molar-refractivity contribution in [1.82, 2.24) is 20.2 Å². The van der Waals surface area contributed by atoms with E-state index in [2.05, 4.69) is 64.5 Å². The Labute approximate surface area is 219 Å². The maximum atomic E-state index is 9.24. The molecule has 2 aromatic carbocycles. The lowest BCUT2D eigenvalue weighted by molar-refractivity contribution is 0.0263. The molecule has 0 amide bonds. The van der Waals surface area contributed by atoms with E-state index >= 15 is 0 Å². The number of hydrogen-bond acceptors (Lipinski definition) is 8. The maximum Gasteiger partial charge on any atom is 0.318 e. The molecule has 2 unspecified atom stereocenters. The van der Waals surface area contributed by atoms with Gasteiger partial charge in [-0.3, -0.25) is 0 Å². The zero-order valence-electron chi connectivity index (χ0n) is 22.2. The van der Waals surface area contributed by atoms with E-state index in [0.29, 0.717) is 25.5 Å².